The average molecular weight is 615 g/mol. The fraction of sp³-hybridized carbons (Fsp3) is 0.769. The van der Waals surface area contributed by atoms with E-state index in [0.29, 0.717) is 6.92 Å². The second-order valence-electron chi connectivity index (χ2n) is 6.52. The van der Waals surface area contributed by atoms with Crippen LogP contribution in [0.25, 0.3) is 0 Å². The molecule has 0 saturated carbocycles. The van der Waals surface area contributed by atoms with E-state index in [1.54, 1.807) is 0 Å². The summed E-state index contributed by atoms with van der Waals surface area (Å²) in [5.41, 5.74) is -1.64. The van der Waals surface area contributed by atoms with Crippen LogP contribution in [0.4, 0.5) is 79.1 Å². The van der Waals surface area contributed by atoms with Crippen LogP contribution in [-0.2, 0) is 14.8 Å². The topological polar surface area (TPSA) is 74.7 Å². The number of hydrogen-bond acceptors (Lipinski definition) is 3. The largest absolute Gasteiger partial charge is 0.478 e. The van der Waals surface area contributed by atoms with Gasteiger partial charge in [-0.05, 0) is 6.42 Å². The van der Waals surface area contributed by atoms with Gasteiger partial charge in [-0.15, -0.1) is 4.53 Å². The molecule has 220 valence electrons. The molecule has 0 atom stereocenters. The second kappa shape index (κ2) is 9.17. The maximum absolute atomic E-state index is 13.7. The zero-order valence-corrected chi connectivity index (χ0v) is 17.4. The van der Waals surface area contributed by atoms with Gasteiger partial charge in [-0.25, -0.2) is 4.79 Å². The smallest absolute Gasteiger partial charge is 0.460 e. The van der Waals surface area contributed by atoms with Crippen molar-refractivity contribution in [2.24, 2.45) is 0 Å². The molecule has 0 aliphatic carbocycles. The summed E-state index contributed by atoms with van der Waals surface area (Å²) < 4.78 is 257. The number of carbonyl (C=O) groups is 1. The molecular formula is C13H7F18NO4S. The summed E-state index contributed by atoms with van der Waals surface area (Å²) in [6, 6.07) is 0. The van der Waals surface area contributed by atoms with Gasteiger partial charge >= 0.3 is 63.0 Å². The molecule has 0 bridgehead atoms. The summed E-state index contributed by atoms with van der Waals surface area (Å²) in [7, 11) is -8.24. The van der Waals surface area contributed by atoms with Crippen molar-refractivity contribution in [3.63, 3.8) is 0 Å². The van der Waals surface area contributed by atoms with Crippen molar-refractivity contribution in [3.05, 3.63) is 11.8 Å². The van der Waals surface area contributed by atoms with E-state index in [-0.39, 0.29) is 0 Å². The summed E-state index contributed by atoms with van der Waals surface area (Å²) in [5, 5.41) is 0.337. The maximum atomic E-state index is 13.7. The van der Waals surface area contributed by atoms with Crippen molar-refractivity contribution < 1.29 is 97.4 Å². The number of rotatable bonds is 11. The fourth-order valence-electron chi connectivity index (χ4n) is 1.91. The van der Waals surface area contributed by atoms with Crippen LogP contribution in [0.5, 0.6) is 0 Å². The number of carboxylic acids is 1. The SMILES string of the molecule is CCC(=CN(F)S(=O)(=O)C(F)(F)C(F)(F)C(F)(F)C(F)(F)C(F)(F)C(F)(F)C(F)(F)C(F)(F)F)C(=O)O. The summed E-state index contributed by atoms with van der Waals surface area (Å²) >= 11 is 0. The Morgan fingerprint density at radius 1 is 0.676 bits per heavy atom. The Bertz CT molecular complexity index is 1020. The Kier molecular flexibility index (Phi) is 8.60. The van der Waals surface area contributed by atoms with Crippen LogP contribution in [0.15, 0.2) is 11.8 Å². The van der Waals surface area contributed by atoms with E-state index in [4.69, 9.17) is 5.11 Å². The third kappa shape index (κ3) is 4.61. The third-order valence-electron chi connectivity index (χ3n) is 4.16. The molecule has 0 aromatic carbocycles. The van der Waals surface area contributed by atoms with Crippen LogP contribution in [-0.4, -0.2) is 71.0 Å². The Morgan fingerprint density at radius 2 is 0.973 bits per heavy atom. The van der Waals surface area contributed by atoms with Gasteiger partial charge in [0.15, 0.2) is 0 Å². The number of nitrogens with zero attached hydrogens (tertiary/aromatic N) is 1. The highest BCUT2D eigenvalue weighted by Crippen LogP contribution is 2.64. The minimum Gasteiger partial charge on any atom is -0.478 e. The van der Waals surface area contributed by atoms with E-state index in [1.165, 1.54) is 0 Å². The van der Waals surface area contributed by atoms with E-state index in [9.17, 15) is 92.3 Å². The molecule has 1 N–H and O–H groups in total. The van der Waals surface area contributed by atoms with Gasteiger partial charge in [-0.2, -0.15) is 83.1 Å². The highest BCUT2D eigenvalue weighted by molar-refractivity contribution is 7.90. The summed E-state index contributed by atoms with van der Waals surface area (Å²) in [4.78, 5) is 10.6. The monoisotopic (exact) mass is 615 g/mol. The molecule has 0 rings (SSSR count). The number of alkyl halides is 17. The maximum Gasteiger partial charge on any atom is 0.460 e. The summed E-state index contributed by atoms with van der Waals surface area (Å²) in [5.74, 6) is -55.3. The Morgan fingerprint density at radius 3 is 1.24 bits per heavy atom. The van der Waals surface area contributed by atoms with E-state index < -0.39 is 85.7 Å². The predicted octanol–water partition coefficient (Wildman–Crippen LogP) is 5.85. The van der Waals surface area contributed by atoms with Crippen LogP contribution in [0.3, 0.4) is 0 Å². The molecule has 0 aromatic heterocycles. The van der Waals surface area contributed by atoms with Gasteiger partial charge < -0.3 is 5.11 Å². The van der Waals surface area contributed by atoms with Gasteiger partial charge in [0, 0.05) is 0 Å². The number of halogens is 18. The first-order valence-electron chi connectivity index (χ1n) is 8.14. The molecule has 0 amide bonds. The second-order valence-corrected chi connectivity index (χ2v) is 8.33. The first kappa shape index (κ1) is 34.7. The molecule has 5 nitrogen and oxygen atoms in total. The Balaban J connectivity index is 7.08. The minimum atomic E-state index is -9.06. The van der Waals surface area contributed by atoms with Crippen LogP contribution in [0.2, 0.25) is 0 Å². The predicted molar refractivity (Wildman–Crippen MR) is 78.6 cm³/mol. The van der Waals surface area contributed by atoms with Crippen molar-refractivity contribution >= 4 is 16.0 Å². The van der Waals surface area contributed by atoms with Gasteiger partial charge in [-0.1, -0.05) is 11.4 Å². The number of hydrogen-bond donors (Lipinski definition) is 1. The van der Waals surface area contributed by atoms with Crippen LogP contribution in [0, 0.1) is 0 Å². The van der Waals surface area contributed by atoms with Gasteiger partial charge in [-0.3, -0.25) is 0 Å². The highest BCUT2D eigenvalue weighted by atomic mass is 32.2. The van der Waals surface area contributed by atoms with E-state index in [1.807, 2.05) is 0 Å². The lowest BCUT2D eigenvalue weighted by Crippen LogP contribution is -2.75. The Labute approximate surface area is 191 Å². The van der Waals surface area contributed by atoms with Gasteiger partial charge in [0.2, 0.25) is 0 Å². The minimum absolute atomic E-state index is 0.695. The highest BCUT2D eigenvalue weighted by Gasteiger charge is 2.96. The Hall–Kier alpha value is -2.30. The molecule has 0 heterocycles. The molecule has 24 heteroatoms. The van der Waals surface area contributed by atoms with Gasteiger partial charge in [0.25, 0.3) is 0 Å². The number of sulfonamides is 1. The van der Waals surface area contributed by atoms with Crippen molar-refractivity contribution in [1.29, 1.82) is 0 Å². The molecule has 0 saturated heterocycles. The molecule has 0 unspecified atom stereocenters. The van der Waals surface area contributed by atoms with Gasteiger partial charge in [0.1, 0.15) is 0 Å². The lowest BCUT2D eigenvalue weighted by molar-refractivity contribution is -0.458. The summed E-state index contributed by atoms with van der Waals surface area (Å²) in [6.45, 7) is 0.695. The van der Waals surface area contributed by atoms with Crippen LogP contribution >= 0.6 is 0 Å². The van der Waals surface area contributed by atoms with Crippen LogP contribution < -0.4 is 0 Å². The lowest BCUT2D eigenvalue weighted by atomic mass is 9.91. The van der Waals surface area contributed by atoms with Crippen molar-refractivity contribution in [2.45, 2.75) is 60.3 Å². The molecule has 37 heavy (non-hydrogen) atoms. The normalized spacial score (nSPS) is 16.1. The van der Waals surface area contributed by atoms with Crippen molar-refractivity contribution in [1.82, 2.24) is 4.53 Å². The lowest BCUT2D eigenvalue weighted by Gasteiger charge is -2.42. The van der Waals surface area contributed by atoms with E-state index in [2.05, 4.69) is 0 Å². The molecule has 0 radical (unpaired) electrons. The standard InChI is InChI=1S/C13H7F18NO4S/c1-2-4(5(33)34)3-32(31)37(35,36)13(29,30)11(24,25)9(20,21)7(16,17)6(14,15)8(18,19)10(22,23)12(26,27)28/h3H,2H2,1H3,(H,33,34). The first-order chi connectivity index (χ1) is 15.8. The zero-order valence-electron chi connectivity index (χ0n) is 16.6. The van der Waals surface area contributed by atoms with Crippen LogP contribution in [0.1, 0.15) is 13.3 Å². The molecular weight excluding hydrogens is 608 g/mol. The van der Waals surface area contributed by atoms with E-state index in [0.717, 1.165) is 0 Å². The van der Waals surface area contributed by atoms with E-state index >= 15 is 0 Å². The first-order valence-corrected chi connectivity index (χ1v) is 9.58. The quantitative estimate of drug-likeness (QED) is 0.180. The number of carboxylic acid groups (broad SMARTS) is 1. The zero-order chi connectivity index (χ0) is 30.6. The van der Waals surface area contributed by atoms with Crippen molar-refractivity contribution in [3.8, 4) is 0 Å². The van der Waals surface area contributed by atoms with Gasteiger partial charge in [0.05, 0.1) is 11.8 Å². The number of aliphatic carboxylic acids is 1. The van der Waals surface area contributed by atoms with Crippen molar-refractivity contribution in [2.75, 3.05) is 0 Å². The molecule has 0 aliphatic rings. The molecule has 0 aliphatic heterocycles. The molecule has 0 aromatic rings. The fourth-order valence-corrected chi connectivity index (χ4v) is 2.85. The molecule has 0 spiro atoms. The molecule has 0 fully saturated rings. The third-order valence-corrected chi connectivity index (χ3v) is 5.63. The summed E-state index contributed by atoms with van der Waals surface area (Å²) in [6.07, 6.45) is -10.2. The average Bonchev–Trinajstić information content (AvgIpc) is 2.69.